The van der Waals surface area contributed by atoms with Gasteiger partial charge in [0.25, 0.3) is 0 Å². The molecule has 2 heterocycles. The smallest absolute Gasteiger partial charge is 0.0509 e. The highest BCUT2D eigenvalue weighted by Crippen LogP contribution is 2.18. The van der Waals surface area contributed by atoms with Crippen LogP contribution < -0.4 is 5.73 Å². The molecule has 0 bridgehead atoms. The van der Waals surface area contributed by atoms with E-state index in [2.05, 4.69) is 11.1 Å². The summed E-state index contributed by atoms with van der Waals surface area (Å²) in [5.41, 5.74) is 7.32. The van der Waals surface area contributed by atoms with E-state index in [4.69, 9.17) is 10.5 Å². The van der Waals surface area contributed by atoms with Gasteiger partial charge in [0.2, 0.25) is 0 Å². The van der Waals surface area contributed by atoms with Crippen LogP contribution in [0.2, 0.25) is 0 Å². The third kappa shape index (κ3) is 3.29. The van der Waals surface area contributed by atoms with Crippen molar-refractivity contribution >= 4 is 0 Å². The largest absolute Gasteiger partial charge is 0.381 e. The Morgan fingerprint density at radius 2 is 2.44 bits per heavy atom. The predicted molar refractivity (Wildman–Crippen MR) is 64.1 cm³/mol. The van der Waals surface area contributed by atoms with Crippen LogP contribution in [-0.2, 0) is 11.2 Å². The third-order valence-electron chi connectivity index (χ3n) is 3.26. The van der Waals surface area contributed by atoms with Crippen LogP contribution in [0.1, 0.15) is 25.0 Å². The Morgan fingerprint density at radius 3 is 3.12 bits per heavy atom. The number of aromatic nitrogens is 1. The number of hydrogen-bond donors (Lipinski definition) is 1. The van der Waals surface area contributed by atoms with Crippen molar-refractivity contribution < 1.29 is 4.74 Å². The van der Waals surface area contributed by atoms with Crippen LogP contribution in [0.25, 0.3) is 0 Å². The van der Waals surface area contributed by atoms with Crippen LogP contribution in [0.3, 0.4) is 0 Å². The Balaban J connectivity index is 1.76. The topological polar surface area (TPSA) is 48.1 Å². The van der Waals surface area contributed by atoms with Gasteiger partial charge in [0.05, 0.1) is 6.61 Å². The fraction of sp³-hybridized carbons (Fsp3) is 0.615. The van der Waals surface area contributed by atoms with E-state index < -0.39 is 0 Å². The first-order chi connectivity index (χ1) is 7.86. The van der Waals surface area contributed by atoms with Crippen LogP contribution in [0.15, 0.2) is 24.4 Å². The van der Waals surface area contributed by atoms with Crippen molar-refractivity contribution in [2.45, 2.75) is 31.7 Å². The molecule has 0 spiro atoms. The summed E-state index contributed by atoms with van der Waals surface area (Å²) < 4.78 is 5.46. The first kappa shape index (κ1) is 11.6. The number of pyridine rings is 1. The molecule has 0 radical (unpaired) electrons. The summed E-state index contributed by atoms with van der Waals surface area (Å²) in [5.74, 6) is 0.539. The lowest BCUT2D eigenvalue weighted by Gasteiger charge is -2.27. The Morgan fingerprint density at radius 1 is 1.50 bits per heavy atom. The van der Waals surface area contributed by atoms with E-state index in [1.807, 2.05) is 18.3 Å². The molecule has 1 fully saturated rings. The summed E-state index contributed by atoms with van der Waals surface area (Å²) in [5, 5.41) is 0. The Hall–Kier alpha value is -0.930. The lowest BCUT2D eigenvalue weighted by molar-refractivity contribution is 0.0438. The van der Waals surface area contributed by atoms with Gasteiger partial charge in [0, 0.05) is 24.5 Å². The van der Waals surface area contributed by atoms with E-state index in [9.17, 15) is 0 Å². The minimum Gasteiger partial charge on any atom is -0.381 e. The molecule has 2 atom stereocenters. The SMILES string of the molecule is NC(CCc1ccccn1)C1CCCOC1. The highest BCUT2D eigenvalue weighted by molar-refractivity contribution is 5.03. The summed E-state index contributed by atoms with van der Waals surface area (Å²) >= 11 is 0. The van der Waals surface area contributed by atoms with E-state index in [1.54, 1.807) is 0 Å². The summed E-state index contributed by atoms with van der Waals surface area (Å²) in [6.45, 7) is 1.74. The van der Waals surface area contributed by atoms with Gasteiger partial charge in [0.1, 0.15) is 0 Å². The van der Waals surface area contributed by atoms with Crippen molar-refractivity contribution in [1.29, 1.82) is 0 Å². The highest BCUT2D eigenvalue weighted by atomic mass is 16.5. The molecule has 3 nitrogen and oxygen atoms in total. The molecule has 1 saturated heterocycles. The van der Waals surface area contributed by atoms with Crippen LogP contribution in [0, 0.1) is 5.92 Å². The molecule has 2 unspecified atom stereocenters. The van der Waals surface area contributed by atoms with E-state index in [0.29, 0.717) is 5.92 Å². The molecule has 2 N–H and O–H groups in total. The molecule has 1 aromatic heterocycles. The Kier molecular flexibility index (Phi) is 4.31. The third-order valence-corrected chi connectivity index (χ3v) is 3.26. The van der Waals surface area contributed by atoms with Crippen molar-refractivity contribution in [3.63, 3.8) is 0 Å². The van der Waals surface area contributed by atoms with Crippen molar-refractivity contribution in [3.8, 4) is 0 Å². The number of nitrogens with two attached hydrogens (primary N) is 1. The van der Waals surface area contributed by atoms with Crippen LogP contribution >= 0.6 is 0 Å². The lowest BCUT2D eigenvalue weighted by Crippen LogP contribution is -2.36. The maximum absolute atomic E-state index is 6.19. The summed E-state index contributed by atoms with van der Waals surface area (Å²) in [6.07, 6.45) is 6.18. The van der Waals surface area contributed by atoms with Crippen molar-refractivity contribution in [1.82, 2.24) is 4.98 Å². The van der Waals surface area contributed by atoms with Crippen LogP contribution in [0.4, 0.5) is 0 Å². The summed E-state index contributed by atoms with van der Waals surface area (Å²) in [4.78, 5) is 4.31. The zero-order chi connectivity index (χ0) is 11.2. The second-order valence-corrected chi connectivity index (χ2v) is 4.50. The van der Waals surface area contributed by atoms with Gasteiger partial charge in [-0.25, -0.2) is 0 Å². The zero-order valence-corrected chi connectivity index (χ0v) is 9.64. The number of ether oxygens (including phenoxy) is 1. The normalized spacial score (nSPS) is 22.9. The van der Waals surface area contributed by atoms with Gasteiger partial charge in [-0.05, 0) is 43.7 Å². The van der Waals surface area contributed by atoms with Gasteiger partial charge in [0.15, 0.2) is 0 Å². The quantitative estimate of drug-likeness (QED) is 0.841. The Labute approximate surface area is 97.0 Å². The molecule has 1 aliphatic rings. The molecule has 1 aliphatic heterocycles. The average molecular weight is 220 g/mol. The molecule has 0 amide bonds. The van der Waals surface area contributed by atoms with Crippen molar-refractivity contribution in [2.75, 3.05) is 13.2 Å². The van der Waals surface area contributed by atoms with E-state index in [0.717, 1.165) is 38.2 Å². The molecule has 88 valence electrons. The van der Waals surface area contributed by atoms with Gasteiger partial charge in [-0.1, -0.05) is 6.07 Å². The fourth-order valence-electron chi connectivity index (χ4n) is 2.20. The van der Waals surface area contributed by atoms with E-state index in [1.165, 1.54) is 6.42 Å². The maximum Gasteiger partial charge on any atom is 0.0509 e. The summed E-state index contributed by atoms with van der Waals surface area (Å²) in [6, 6.07) is 6.28. The highest BCUT2D eigenvalue weighted by Gasteiger charge is 2.20. The predicted octanol–water partition coefficient (Wildman–Crippen LogP) is 1.77. The maximum atomic E-state index is 6.19. The van der Waals surface area contributed by atoms with Crippen LogP contribution in [-0.4, -0.2) is 24.2 Å². The number of nitrogens with zero attached hydrogens (tertiary/aromatic N) is 1. The number of aryl methyl sites for hydroxylation is 1. The molecular formula is C13H20N2O. The van der Waals surface area contributed by atoms with Crippen molar-refractivity contribution in [2.24, 2.45) is 11.7 Å². The Bertz CT molecular complexity index is 296. The minimum atomic E-state index is 0.252. The first-order valence-corrected chi connectivity index (χ1v) is 6.09. The van der Waals surface area contributed by atoms with Gasteiger partial charge >= 0.3 is 0 Å². The molecule has 3 heteroatoms. The van der Waals surface area contributed by atoms with Gasteiger partial charge in [-0.15, -0.1) is 0 Å². The van der Waals surface area contributed by atoms with Crippen LogP contribution in [0.5, 0.6) is 0 Å². The molecule has 2 rings (SSSR count). The molecule has 0 aliphatic carbocycles. The average Bonchev–Trinajstić information content (AvgIpc) is 2.38. The second kappa shape index (κ2) is 5.97. The molecule has 1 aromatic rings. The monoisotopic (exact) mass is 220 g/mol. The molecule has 16 heavy (non-hydrogen) atoms. The number of hydrogen-bond acceptors (Lipinski definition) is 3. The lowest BCUT2D eigenvalue weighted by atomic mass is 9.91. The fourth-order valence-corrected chi connectivity index (χ4v) is 2.20. The molecular weight excluding hydrogens is 200 g/mol. The summed E-state index contributed by atoms with van der Waals surface area (Å²) in [7, 11) is 0. The second-order valence-electron chi connectivity index (χ2n) is 4.50. The molecule has 0 saturated carbocycles. The van der Waals surface area contributed by atoms with Crippen molar-refractivity contribution in [3.05, 3.63) is 30.1 Å². The molecule has 0 aromatic carbocycles. The van der Waals surface area contributed by atoms with Gasteiger partial charge in [-0.3, -0.25) is 4.98 Å². The van der Waals surface area contributed by atoms with Gasteiger partial charge < -0.3 is 10.5 Å². The van der Waals surface area contributed by atoms with Gasteiger partial charge in [-0.2, -0.15) is 0 Å². The standard InChI is InChI=1S/C13H20N2O/c14-13(11-4-3-9-16-10-11)7-6-12-5-1-2-8-15-12/h1-2,5,8,11,13H,3-4,6-7,9-10,14H2. The minimum absolute atomic E-state index is 0.252. The van der Waals surface area contributed by atoms with E-state index >= 15 is 0 Å². The number of rotatable bonds is 4. The van der Waals surface area contributed by atoms with E-state index in [-0.39, 0.29) is 6.04 Å². The first-order valence-electron chi connectivity index (χ1n) is 6.09. The zero-order valence-electron chi connectivity index (χ0n) is 9.64.